The molecule has 8 rings (SSSR count). The van der Waals surface area contributed by atoms with E-state index in [1.54, 1.807) is 0 Å². The van der Waals surface area contributed by atoms with Crippen LogP contribution < -0.4 is 14.5 Å². The quantitative estimate of drug-likeness (QED) is 0.168. The van der Waals surface area contributed by atoms with Crippen molar-refractivity contribution < 1.29 is 4.74 Å². The van der Waals surface area contributed by atoms with Gasteiger partial charge in [-0.3, -0.25) is 4.57 Å². The van der Waals surface area contributed by atoms with Crippen LogP contribution in [0.15, 0.2) is 134 Å². The van der Waals surface area contributed by atoms with Gasteiger partial charge in [-0.2, -0.15) is 0 Å². The number of aromatic nitrogens is 2. The maximum atomic E-state index is 6.95. The summed E-state index contributed by atoms with van der Waals surface area (Å²) >= 11 is 0. The second-order valence-corrected chi connectivity index (χ2v) is 20.4. The first-order chi connectivity index (χ1) is 27.7. The number of pyridine rings is 1. The predicted molar refractivity (Wildman–Crippen MR) is 251 cm³/mol. The lowest BCUT2D eigenvalue weighted by atomic mass is 9.80. The SMILES string of the molecule is CC(C)(C)c1cc(Oc2ccc3c4ccccc4n(-c4cc(C(C)(C)C)ccn4)c3c2)cc(N2CN(c3cc(C(C)(C)C)cc(C(C)(C)C)c3)C=C2c2ccccc2)c1. The lowest BCUT2D eigenvalue weighted by Crippen LogP contribution is -2.27. The van der Waals surface area contributed by atoms with Gasteiger partial charge in [-0.25, -0.2) is 4.98 Å². The topological polar surface area (TPSA) is 33.5 Å². The minimum Gasteiger partial charge on any atom is -0.457 e. The largest absolute Gasteiger partial charge is 0.457 e. The average molecular weight is 781 g/mol. The summed E-state index contributed by atoms with van der Waals surface area (Å²) in [5, 5.41) is 2.36. The molecule has 0 amide bonds. The van der Waals surface area contributed by atoms with Crippen molar-refractivity contribution in [3.05, 3.63) is 162 Å². The molecule has 1 aliphatic heterocycles. The highest BCUT2D eigenvalue weighted by Crippen LogP contribution is 2.42. The molecule has 0 unspecified atom stereocenters. The summed E-state index contributed by atoms with van der Waals surface area (Å²) in [5.41, 5.74) is 11.8. The normalized spacial score (nSPS) is 14.1. The third kappa shape index (κ3) is 8.00. The number of para-hydroxylation sites is 1. The van der Waals surface area contributed by atoms with E-state index in [1.807, 2.05) is 6.20 Å². The summed E-state index contributed by atoms with van der Waals surface area (Å²) in [6.07, 6.45) is 4.25. The van der Waals surface area contributed by atoms with Gasteiger partial charge in [0.05, 0.1) is 23.4 Å². The van der Waals surface area contributed by atoms with Gasteiger partial charge in [-0.1, -0.05) is 138 Å². The van der Waals surface area contributed by atoms with Crippen LogP contribution in [0.1, 0.15) is 111 Å². The molecular formula is C54H60N4O. The highest BCUT2D eigenvalue weighted by Gasteiger charge is 2.29. The molecule has 0 aliphatic carbocycles. The number of nitrogens with zero attached hydrogens (tertiary/aromatic N) is 4. The summed E-state index contributed by atoms with van der Waals surface area (Å²) in [4.78, 5) is 9.75. The van der Waals surface area contributed by atoms with Crippen LogP contribution in [0.5, 0.6) is 11.5 Å². The highest BCUT2D eigenvalue weighted by molar-refractivity contribution is 6.09. The Morgan fingerprint density at radius 2 is 1.08 bits per heavy atom. The van der Waals surface area contributed by atoms with Gasteiger partial charge in [0, 0.05) is 46.7 Å². The lowest BCUT2D eigenvalue weighted by molar-refractivity contribution is 0.479. The molecular weight excluding hydrogens is 721 g/mol. The molecule has 5 aromatic carbocycles. The van der Waals surface area contributed by atoms with Crippen molar-refractivity contribution in [1.29, 1.82) is 0 Å². The van der Waals surface area contributed by atoms with E-state index < -0.39 is 0 Å². The molecule has 3 heterocycles. The standard InChI is InChI=1S/C54H60N4O/c1-51(2,3)37-24-25-55-50(31-37)58-47-21-17-16-20-45(47)46-23-22-43(33-48(46)58)59-44-30-40(54(10,11)12)29-42(32-44)57-35-56(34-49(57)36-18-14-13-15-19-36)41-27-38(52(4,5)6)26-39(28-41)53(7,8)9/h13-34H,35H2,1-12H3. The zero-order valence-electron chi connectivity index (χ0n) is 37.1. The molecule has 7 aromatic rings. The van der Waals surface area contributed by atoms with Crippen LogP contribution >= 0.6 is 0 Å². The molecule has 5 nitrogen and oxygen atoms in total. The molecule has 59 heavy (non-hydrogen) atoms. The molecule has 2 aromatic heterocycles. The van der Waals surface area contributed by atoms with Gasteiger partial charge in [-0.15, -0.1) is 0 Å². The van der Waals surface area contributed by atoms with Crippen molar-refractivity contribution in [3.8, 4) is 17.3 Å². The minimum absolute atomic E-state index is 0.00569. The first-order valence-electron chi connectivity index (χ1n) is 21.1. The van der Waals surface area contributed by atoms with Crippen molar-refractivity contribution in [2.45, 2.75) is 105 Å². The van der Waals surface area contributed by atoms with Crippen LogP contribution in [0.2, 0.25) is 0 Å². The van der Waals surface area contributed by atoms with Crippen molar-refractivity contribution in [2.24, 2.45) is 0 Å². The summed E-state index contributed by atoms with van der Waals surface area (Å²) in [6, 6.07) is 44.1. The van der Waals surface area contributed by atoms with Gasteiger partial charge in [-0.05, 0) is 104 Å². The fourth-order valence-electron chi connectivity index (χ4n) is 7.98. The summed E-state index contributed by atoms with van der Waals surface area (Å²) in [6.45, 7) is 28.0. The Morgan fingerprint density at radius 3 is 1.75 bits per heavy atom. The van der Waals surface area contributed by atoms with Gasteiger partial charge in [0.15, 0.2) is 0 Å². The molecule has 0 radical (unpaired) electrons. The molecule has 0 bridgehead atoms. The molecule has 0 saturated carbocycles. The number of fused-ring (bicyclic) bond motifs is 3. The van der Waals surface area contributed by atoms with Gasteiger partial charge in [0.25, 0.3) is 0 Å². The number of anilines is 2. The van der Waals surface area contributed by atoms with Crippen LogP contribution in [0, 0.1) is 0 Å². The smallest absolute Gasteiger partial charge is 0.137 e. The Morgan fingerprint density at radius 1 is 0.492 bits per heavy atom. The Bertz CT molecular complexity index is 2680. The zero-order valence-corrected chi connectivity index (χ0v) is 37.1. The lowest BCUT2D eigenvalue weighted by Gasteiger charge is -2.30. The molecule has 0 spiro atoms. The number of hydrogen-bond acceptors (Lipinski definition) is 4. The Hall–Kier alpha value is -5.81. The highest BCUT2D eigenvalue weighted by atomic mass is 16.5. The van der Waals surface area contributed by atoms with Gasteiger partial charge in [0.2, 0.25) is 0 Å². The number of benzene rings is 5. The number of hydrogen-bond donors (Lipinski definition) is 0. The summed E-state index contributed by atoms with van der Waals surface area (Å²) in [7, 11) is 0. The van der Waals surface area contributed by atoms with Gasteiger partial charge < -0.3 is 14.5 Å². The number of ether oxygens (including phenoxy) is 1. The van der Waals surface area contributed by atoms with Crippen molar-refractivity contribution >= 4 is 38.9 Å². The Labute approximate surface area is 352 Å². The third-order valence-electron chi connectivity index (χ3n) is 11.7. The molecule has 5 heteroatoms. The van der Waals surface area contributed by atoms with E-state index in [4.69, 9.17) is 9.72 Å². The predicted octanol–water partition coefficient (Wildman–Crippen LogP) is 14.4. The fourth-order valence-corrected chi connectivity index (χ4v) is 7.98. The maximum Gasteiger partial charge on any atom is 0.137 e. The Kier molecular flexibility index (Phi) is 9.81. The molecule has 0 fully saturated rings. The molecule has 0 atom stereocenters. The van der Waals surface area contributed by atoms with Crippen molar-refractivity contribution in [3.63, 3.8) is 0 Å². The maximum absolute atomic E-state index is 6.95. The minimum atomic E-state index is -0.118. The van der Waals surface area contributed by atoms with Crippen LogP contribution in [0.3, 0.4) is 0 Å². The van der Waals surface area contributed by atoms with E-state index in [-0.39, 0.29) is 21.7 Å². The van der Waals surface area contributed by atoms with E-state index in [9.17, 15) is 0 Å². The van der Waals surface area contributed by atoms with E-state index in [0.29, 0.717) is 6.67 Å². The van der Waals surface area contributed by atoms with Gasteiger partial charge >= 0.3 is 0 Å². The number of rotatable bonds is 6. The van der Waals surface area contributed by atoms with E-state index in [2.05, 4.69) is 225 Å². The second kappa shape index (κ2) is 14.5. The zero-order chi connectivity index (χ0) is 42.1. The molecule has 302 valence electrons. The van der Waals surface area contributed by atoms with E-state index in [1.165, 1.54) is 44.3 Å². The van der Waals surface area contributed by atoms with Crippen molar-refractivity contribution in [1.82, 2.24) is 9.55 Å². The summed E-state index contributed by atoms with van der Waals surface area (Å²) < 4.78 is 9.23. The molecule has 1 aliphatic rings. The van der Waals surface area contributed by atoms with Crippen LogP contribution in [0.25, 0.3) is 33.3 Å². The van der Waals surface area contributed by atoms with Crippen LogP contribution in [-0.4, -0.2) is 16.2 Å². The third-order valence-corrected chi connectivity index (χ3v) is 11.7. The van der Waals surface area contributed by atoms with Crippen LogP contribution in [-0.2, 0) is 21.7 Å². The monoisotopic (exact) mass is 780 g/mol. The van der Waals surface area contributed by atoms with Crippen molar-refractivity contribution in [2.75, 3.05) is 16.5 Å². The Balaban J connectivity index is 1.23. The average Bonchev–Trinajstić information content (AvgIpc) is 3.77. The van der Waals surface area contributed by atoms with E-state index >= 15 is 0 Å². The van der Waals surface area contributed by atoms with Crippen LogP contribution in [0.4, 0.5) is 11.4 Å². The first kappa shape index (κ1) is 40.0. The fraction of sp³-hybridized carbons (Fsp3) is 0.315. The molecule has 0 saturated heterocycles. The summed E-state index contributed by atoms with van der Waals surface area (Å²) in [5.74, 6) is 2.48. The van der Waals surface area contributed by atoms with E-state index in [0.717, 1.165) is 39.7 Å². The second-order valence-electron chi connectivity index (χ2n) is 20.4. The van der Waals surface area contributed by atoms with Gasteiger partial charge in [0.1, 0.15) is 17.3 Å². The first-order valence-corrected chi connectivity index (χ1v) is 21.1. The molecule has 0 N–H and O–H groups in total.